The van der Waals surface area contributed by atoms with Crippen LogP contribution in [0, 0.1) is 0 Å². The van der Waals surface area contributed by atoms with E-state index in [0.29, 0.717) is 0 Å². The lowest BCUT2D eigenvalue weighted by Crippen LogP contribution is -2.41. The number of thioether (sulfide) groups is 1. The van der Waals surface area contributed by atoms with E-state index in [1.807, 2.05) is 60.7 Å². The molecule has 0 radical (unpaired) electrons. The van der Waals surface area contributed by atoms with Gasteiger partial charge in [-0.05, 0) is 24.6 Å². The summed E-state index contributed by atoms with van der Waals surface area (Å²) in [6, 6.07) is 18.8. The largest absolute Gasteiger partial charge is 0.383 e. The van der Waals surface area contributed by atoms with Gasteiger partial charge in [0.05, 0.1) is 17.8 Å². The van der Waals surface area contributed by atoms with Gasteiger partial charge in [-0.2, -0.15) is 0 Å². The van der Waals surface area contributed by atoms with Gasteiger partial charge < -0.3 is 10.6 Å². The highest BCUT2D eigenvalue weighted by Crippen LogP contribution is 2.27. The molecular weight excluding hydrogens is 438 g/mol. The van der Waals surface area contributed by atoms with Gasteiger partial charge in [-0.1, -0.05) is 48.5 Å². The van der Waals surface area contributed by atoms with Crippen LogP contribution in [0.4, 0.5) is 11.5 Å². The van der Waals surface area contributed by atoms with E-state index in [-0.39, 0.29) is 36.3 Å². The van der Waals surface area contributed by atoms with Crippen LogP contribution >= 0.6 is 11.8 Å². The van der Waals surface area contributed by atoms with Crippen LogP contribution in [0.15, 0.2) is 81.3 Å². The summed E-state index contributed by atoms with van der Waals surface area (Å²) in [5.74, 6) is -0.230. The summed E-state index contributed by atoms with van der Waals surface area (Å²) in [5.41, 5.74) is 6.63. The predicted octanol–water partition coefficient (Wildman–Crippen LogP) is 2.86. The number of hydrogen-bond donors (Lipinski definition) is 2. The van der Waals surface area contributed by atoms with Crippen molar-refractivity contribution in [3.8, 4) is 0 Å². The van der Waals surface area contributed by atoms with Gasteiger partial charge in [0, 0.05) is 23.0 Å². The van der Waals surface area contributed by atoms with Gasteiger partial charge in [-0.3, -0.25) is 24.1 Å². The molecule has 0 fully saturated rings. The van der Waals surface area contributed by atoms with Crippen molar-refractivity contribution in [3.05, 3.63) is 93.3 Å². The Morgan fingerprint density at radius 2 is 1.82 bits per heavy atom. The first-order chi connectivity index (χ1) is 16.0. The Hall–Kier alpha value is -3.85. The van der Waals surface area contributed by atoms with Crippen molar-refractivity contribution in [3.63, 3.8) is 0 Å². The lowest BCUT2D eigenvalue weighted by Gasteiger charge is -2.23. The third kappa shape index (κ3) is 4.68. The highest BCUT2D eigenvalue weighted by atomic mass is 32.2. The number of nitrogens with two attached hydrogens (primary N) is 1. The Labute approximate surface area is 194 Å². The van der Waals surface area contributed by atoms with E-state index in [9.17, 15) is 14.4 Å². The number of nitrogens with one attached hydrogen (secondary N) is 1. The number of para-hydroxylation sites is 1. The number of carbonyl (C=O) groups is 1. The molecule has 1 amide bonds. The van der Waals surface area contributed by atoms with Crippen LogP contribution in [0.2, 0.25) is 0 Å². The fourth-order valence-corrected chi connectivity index (χ4v) is 4.55. The van der Waals surface area contributed by atoms with Crippen LogP contribution in [0.1, 0.15) is 12.5 Å². The highest BCUT2D eigenvalue weighted by molar-refractivity contribution is 8.00. The number of aromatic nitrogens is 3. The van der Waals surface area contributed by atoms with E-state index in [1.165, 1.54) is 21.2 Å². The van der Waals surface area contributed by atoms with E-state index >= 15 is 0 Å². The summed E-state index contributed by atoms with van der Waals surface area (Å²) in [6.07, 6.45) is 1.70. The second-order valence-electron chi connectivity index (χ2n) is 7.32. The molecule has 3 N–H and O–H groups in total. The van der Waals surface area contributed by atoms with Crippen molar-refractivity contribution in [2.75, 3.05) is 22.9 Å². The molecule has 168 valence electrons. The van der Waals surface area contributed by atoms with Gasteiger partial charge in [-0.25, -0.2) is 4.79 Å². The van der Waals surface area contributed by atoms with Crippen molar-refractivity contribution < 1.29 is 4.79 Å². The fourth-order valence-electron chi connectivity index (χ4n) is 3.63. The van der Waals surface area contributed by atoms with Gasteiger partial charge in [-0.15, -0.1) is 11.8 Å². The second kappa shape index (κ2) is 9.74. The maximum Gasteiger partial charge on any atom is 0.330 e. The van der Waals surface area contributed by atoms with Crippen LogP contribution in [-0.4, -0.2) is 32.7 Å². The number of nitrogens with zero attached hydrogens (tertiary/aromatic N) is 3. The molecule has 4 aromatic rings. The first-order valence-electron chi connectivity index (χ1n) is 10.4. The summed E-state index contributed by atoms with van der Waals surface area (Å²) in [6.45, 7) is 2.17. The number of pyridine rings is 1. The number of hydrogen-bond acceptors (Lipinski definition) is 6. The summed E-state index contributed by atoms with van der Waals surface area (Å²) < 4.78 is 1.27. The molecule has 0 atom stereocenters. The number of rotatable bonds is 7. The van der Waals surface area contributed by atoms with Crippen molar-refractivity contribution in [2.45, 2.75) is 18.4 Å². The molecule has 0 unspecified atom stereocenters. The third-order valence-corrected chi connectivity index (χ3v) is 6.30. The second-order valence-corrected chi connectivity index (χ2v) is 8.33. The number of fused-ring (bicyclic) bond motifs is 1. The number of carbonyl (C=O) groups excluding carboxylic acids is 1. The highest BCUT2D eigenvalue weighted by Gasteiger charge is 2.23. The Morgan fingerprint density at radius 1 is 1.09 bits per heavy atom. The fraction of sp³-hybridized carbons (Fsp3) is 0.167. The third-order valence-electron chi connectivity index (χ3n) is 5.25. The predicted molar refractivity (Wildman–Crippen MR) is 132 cm³/mol. The Bertz CT molecular complexity index is 1410. The minimum absolute atomic E-state index is 0.0155. The molecule has 0 aliphatic carbocycles. The Balaban J connectivity index is 1.62. The van der Waals surface area contributed by atoms with Crippen LogP contribution < -0.4 is 21.9 Å². The molecule has 2 aromatic carbocycles. The van der Waals surface area contributed by atoms with Crippen LogP contribution in [0.5, 0.6) is 0 Å². The van der Waals surface area contributed by atoms with Gasteiger partial charge >= 0.3 is 5.69 Å². The van der Waals surface area contributed by atoms with Gasteiger partial charge in [0.2, 0.25) is 5.91 Å². The summed E-state index contributed by atoms with van der Waals surface area (Å²) in [4.78, 5) is 47.1. The molecule has 2 heterocycles. The van der Waals surface area contributed by atoms with Crippen LogP contribution in [0.3, 0.4) is 0 Å². The van der Waals surface area contributed by atoms with E-state index in [1.54, 1.807) is 13.1 Å². The molecule has 0 spiro atoms. The molecule has 0 aliphatic heterocycles. The van der Waals surface area contributed by atoms with Crippen molar-refractivity contribution in [1.29, 1.82) is 0 Å². The lowest BCUT2D eigenvalue weighted by molar-refractivity contribution is -0.116. The van der Waals surface area contributed by atoms with Crippen molar-refractivity contribution in [2.24, 2.45) is 0 Å². The number of anilines is 2. The molecule has 0 bridgehead atoms. The normalized spacial score (nSPS) is 10.9. The van der Waals surface area contributed by atoms with E-state index in [2.05, 4.69) is 9.97 Å². The monoisotopic (exact) mass is 461 g/mol. The smallest absolute Gasteiger partial charge is 0.330 e. The first kappa shape index (κ1) is 22.3. The molecule has 8 nitrogen and oxygen atoms in total. The average Bonchev–Trinajstić information content (AvgIpc) is 2.83. The number of H-pyrrole nitrogens is 1. The van der Waals surface area contributed by atoms with Crippen molar-refractivity contribution in [1.82, 2.24) is 14.5 Å². The van der Waals surface area contributed by atoms with Crippen LogP contribution in [-0.2, 0) is 11.3 Å². The average molecular weight is 462 g/mol. The number of aromatic amines is 1. The molecule has 2 aromatic heterocycles. The van der Waals surface area contributed by atoms with E-state index in [4.69, 9.17) is 5.73 Å². The minimum Gasteiger partial charge on any atom is -0.383 e. The van der Waals surface area contributed by atoms with E-state index < -0.39 is 11.2 Å². The Kier molecular flexibility index (Phi) is 6.60. The zero-order chi connectivity index (χ0) is 23.4. The van der Waals surface area contributed by atoms with E-state index in [0.717, 1.165) is 21.4 Å². The maximum atomic E-state index is 13.1. The van der Waals surface area contributed by atoms with Gasteiger partial charge in [0.1, 0.15) is 5.82 Å². The summed E-state index contributed by atoms with van der Waals surface area (Å²) in [5, 5.41) is 0.953. The summed E-state index contributed by atoms with van der Waals surface area (Å²) in [7, 11) is 0. The molecule has 9 heteroatoms. The lowest BCUT2D eigenvalue weighted by atomic mass is 10.2. The molecular formula is C24H23N5O3S. The molecule has 4 rings (SSSR count). The molecule has 0 saturated carbocycles. The first-order valence-corrected chi connectivity index (χ1v) is 11.4. The number of nitrogen functional groups attached to an aromatic ring is 1. The number of amides is 1. The molecule has 0 aliphatic rings. The number of benzene rings is 2. The zero-order valence-corrected chi connectivity index (χ0v) is 18.8. The standard InChI is InChI=1S/C24H23N5O3S/c1-2-28(20(30)15-33-19-12-13-26-18-11-7-6-10-17(18)19)21-22(25)29(24(32)27-23(21)31)14-16-8-4-3-5-9-16/h3-13H,2,14-15,25H2,1H3,(H,27,31,32). The SMILES string of the molecule is CCN(C(=O)CSc1ccnc2ccccc12)c1c(N)n(Cc2ccccc2)c(=O)[nH]c1=O. The molecule has 33 heavy (non-hydrogen) atoms. The topological polar surface area (TPSA) is 114 Å². The summed E-state index contributed by atoms with van der Waals surface area (Å²) >= 11 is 1.37. The minimum atomic E-state index is -0.684. The van der Waals surface area contributed by atoms with Crippen LogP contribution in [0.25, 0.3) is 10.9 Å². The van der Waals surface area contributed by atoms with Gasteiger partial charge in [0.15, 0.2) is 5.69 Å². The van der Waals surface area contributed by atoms with Gasteiger partial charge in [0.25, 0.3) is 5.56 Å². The zero-order valence-electron chi connectivity index (χ0n) is 18.0. The maximum absolute atomic E-state index is 13.1. The Morgan fingerprint density at radius 3 is 2.58 bits per heavy atom. The van der Waals surface area contributed by atoms with Crippen molar-refractivity contribution >= 4 is 40.1 Å². The molecule has 0 saturated heterocycles. The quantitative estimate of drug-likeness (QED) is 0.409.